The lowest BCUT2D eigenvalue weighted by Crippen LogP contribution is -2.38. The molecule has 5 nitrogen and oxygen atoms in total. The molecule has 5 heteroatoms. The van der Waals surface area contributed by atoms with Gasteiger partial charge in [0.25, 0.3) is 0 Å². The van der Waals surface area contributed by atoms with Crippen molar-refractivity contribution in [3.05, 3.63) is 48.5 Å². The maximum absolute atomic E-state index is 13.3. The Balaban J connectivity index is 1.57. The number of hydrogen-bond donors (Lipinski definition) is 0. The fourth-order valence-corrected chi connectivity index (χ4v) is 3.90. The van der Waals surface area contributed by atoms with Crippen LogP contribution in [0.2, 0.25) is 0 Å². The molecule has 24 heavy (non-hydrogen) atoms. The molecule has 0 radical (unpaired) electrons. The Hall–Kier alpha value is -2.30. The fourth-order valence-electron chi connectivity index (χ4n) is 3.90. The van der Waals surface area contributed by atoms with Crippen LogP contribution in [-0.4, -0.2) is 34.0 Å². The van der Waals surface area contributed by atoms with Crippen molar-refractivity contribution in [1.82, 2.24) is 14.5 Å². The first-order valence-electron chi connectivity index (χ1n) is 8.63. The van der Waals surface area contributed by atoms with Crippen LogP contribution in [0.3, 0.4) is 0 Å². The normalized spacial score (nSPS) is 21.7. The number of para-hydroxylation sites is 1. The molecule has 1 amide bonds. The van der Waals surface area contributed by atoms with Gasteiger partial charge in [-0.3, -0.25) is 4.79 Å². The zero-order valence-corrected chi connectivity index (χ0v) is 14.0. The molecule has 2 fully saturated rings. The smallest absolute Gasteiger partial charge is 0.231 e. The third-order valence-corrected chi connectivity index (χ3v) is 5.36. The van der Waals surface area contributed by atoms with Crippen LogP contribution in [0.4, 0.5) is 0 Å². The number of ether oxygens (including phenoxy) is 1. The summed E-state index contributed by atoms with van der Waals surface area (Å²) in [6.07, 6.45) is 9.51. The average molecular weight is 325 g/mol. The second-order valence-electron chi connectivity index (χ2n) is 6.91. The van der Waals surface area contributed by atoms with Gasteiger partial charge in [-0.15, -0.1) is 0 Å². The Morgan fingerprint density at radius 1 is 1.38 bits per heavy atom. The van der Waals surface area contributed by atoms with Crippen LogP contribution in [0, 0.1) is 5.41 Å². The molecule has 1 saturated heterocycles. The zero-order chi connectivity index (χ0) is 16.6. The number of nitrogens with zero attached hydrogens (tertiary/aromatic N) is 3. The third kappa shape index (κ3) is 2.58. The average Bonchev–Trinajstić information content (AvgIpc) is 3.02. The van der Waals surface area contributed by atoms with Gasteiger partial charge < -0.3 is 14.2 Å². The van der Waals surface area contributed by atoms with Crippen LogP contribution in [-0.2, 0) is 11.3 Å². The van der Waals surface area contributed by atoms with E-state index in [1.54, 1.807) is 19.6 Å². The number of methoxy groups -OCH3 is 1. The lowest BCUT2D eigenvalue weighted by molar-refractivity contribution is -0.138. The van der Waals surface area contributed by atoms with E-state index in [1.165, 1.54) is 0 Å². The third-order valence-electron chi connectivity index (χ3n) is 5.36. The van der Waals surface area contributed by atoms with Crippen LogP contribution in [0.1, 0.15) is 37.3 Å². The lowest BCUT2D eigenvalue weighted by Gasteiger charge is -2.30. The van der Waals surface area contributed by atoms with Gasteiger partial charge >= 0.3 is 0 Å². The van der Waals surface area contributed by atoms with E-state index in [-0.39, 0.29) is 11.5 Å². The number of imidazole rings is 1. The van der Waals surface area contributed by atoms with E-state index in [4.69, 9.17) is 4.74 Å². The van der Waals surface area contributed by atoms with E-state index in [0.29, 0.717) is 5.91 Å². The van der Waals surface area contributed by atoms with Gasteiger partial charge in [0, 0.05) is 31.0 Å². The van der Waals surface area contributed by atoms with Crippen molar-refractivity contribution in [1.29, 1.82) is 0 Å². The molecule has 2 aromatic rings. The first-order chi connectivity index (χ1) is 11.7. The van der Waals surface area contributed by atoms with Gasteiger partial charge in [0.2, 0.25) is 5.91 Å². The van der Waals surface area contributed by atoms with Crippen molar-refractivity contribution in [3.63, 3.8) is 0 Å². The highest BCUT2D eigenvalue weighted by Crippen LogP contribution is 2.51. The van der Waals surface area contributed by atoms with Crippen molar-refractivity contribution in [2.45, 2.75) is 38.3 Å². The molecule has 2 aliphatic rings. The largest absolute Gasteiger partial charge is 0.496 e. The number of rotatable bonds is 5. The maximum Gasteiger partial charge on any atom is 0.231 e. The SMILES string of the molecule is COc1ccccc1C1CCCN1C(=O)C1(Cn2ccnc2)CC1. The summed E-state index contributed by atoms with van der Waals surface area (Å²) in [5.74, 6) is 1.17. The molecule has 1 unspecified atom stereocenters. The summed E-state index contributed by atoms with van der Waals surface area (Å²) in [6.45, 7) is 1.58. The minimum atomic E-state index is -0.231. The number of aromatic nitrogens is 2. The standard InChI is InChI=1S/C19H23N3O2/c1-24-17-7-3-2-5-15(17)16-6-4-11-22(16)18(23)19(8-9-19)13-21-12-10-20-14-21/h2-3,5,7,10,12,14,16H,4,6,8-9,11,13H2,1H3. The summed E-state index contributed by atoms with van der Waals surface area (Å²) >= 11 is 0. The number of likely N-dealkylation sites (tertiary alicyclic amines) is 1. The van der Waals surface area contributed by atoms with Gasteiger partial charge in [-0.2, -0.15) is 0 Å². The summed E-state index contributed by atoms with van der Waals surface area (Å²) in [7, 11) is 1.70. The van der Waals surface area contributed by atoms with Gasteiger partial charge in [0.1, 0.15) is 5.75 Å². The molecule has 1 aliphatic carbocycles. The molecule has 1 aromatic heterocycles. The molecule has 1 aromatic carbocycles. The number of hydrogen-bond acceptors (Lipinski definition) is 3. The summed E-state index contributed by atoms with van der Waals surface area (Å²) in [5, 5.41) is 0. The summed E-state index contributed by atoms with van der Waals surface area (Å²) < 4.78 is 7.55. The molecule has 0 spiro atoms. The minimum Gasteiger partial charge on any atom is -0.496 e. The lowest BCUT2D eigenvalue weighted by atomic mass is 10.00. The van der Waals surface area contributed by atoms with Crippen molar-refractivity contribution in [3.8, 4) is 5.75 Å². The first-order valence-corrected chi connectivity index (χ1v) is 8.63. The Morgan fingerprint density at radius 3 is 2.92 bits per heavy atom. The van der Waals surface area contributed by atoms with Crippen molar-refractivity contribution >= 4 is 5.91 Å². The van der Waals surface area contributed by atoms with E-state index >= 15 is 0 Å². The van der Waals surface area contributed by atoms with Crippen LogP contribution in [0.15, 0.2) is 43.0 Å². The molecule has 0 bridgehead atoms. The van der Waals surface area contributed by atoms with E-state index in [0.717, 1.165) is 50.1 Å². The van der Waals surface area contributed by atoms with E-state index in [1.807, 2.05) is 29.0 Å². The monoisotopic (exact) mass is 325 g/mol. The highest BCUT2D eigenvalue weighted by molar-refractivity contribution is 5.86. The maximum atomic E-state index is 13.3. The highest BCUT2D eigenvalue weighted by Gasteiger charge is 2.53. The highest BCUT2D eigenvalue weighted by atomic mass is 16.5. The number of carbonyl (C=O) groups excluding carboxylic acids is 1. The van der Waals surface area contributed by atoms with Gasteiger partial charge in [0.15, 0.2) is 0 Å². The van der Waals surface area contributed by atoms with Crippen LogP contribution in [0.25, 0.3) is 0 Å². The molecular weight excluding hydrogens is 302 g/mol. The quantitative estimate of drug-likeness (QED) is 0.849. The number of benzene rings is 1. The topological polar surface area (TPSA) is 47.4 Å². The van der Waals surface area contributed by atoms with Crippen molar-refractivity contribution in [2.75, 3.05) is 13.7 Å². The van der Waals surface area contributed by atoms with Crippen LogP contribution >= 0.6 is 0 Å². The van der Waals surface area contributed by atoms with Crippen molar-refractivity contribution in [2.24, 2.45) is 5.41 Å². The molecule has 0 N–H and O–H groups in total. The zero-order valence-electron chi connectivity index (χ0n) is 14.0. The summed E-state index contributed by atoms with van der Waals surface area (Å²) in [5.41, 5.74) is 0.898. The summed E-state index contributed by atoms with van der Waals surface area (Å²) in [6, 6.07) is 8.20. The molecule has 4 rings (SSSR count). The Morgan fingerprint density at radius 2 is 2.21 bits per heavy atom. The predicted molar refractivity (Wildman–Crippen MR) is 90.6 cm³/mol. The molecule has 1 aliphatic heterocycles. The molecule has 1 atom stereocenters. The summed E-state index contributed by atoms with van der Waals surface area (Å²) in [4.78, 5) is 19.5. The Kier molecular flexibility index (Phi) is 3.79. The van der Waals surface area contributed by atoms with Gasteiger partial charge in [-0.05, 0) is 31.7 Å². The predicted octanol–water partition coefficient (Wildman–Crippen LogP) is 3.04. The molecular formula is C19H23N3O2. The molecule has 2 heterocycles. The minimum absolute atomic E-state index is 0.133. The fraction of sp³-hybridized carbons (Fsp3) is 0.474. The Bertz CT molecular complexity index is 722. The van der Waals surface area contributed by atoms with E-state index < -0.39 is 0 Å². The number of amides is 1. The van der Waals surface area contributed by atoms with Crippen LogP contribution < -0.4 is 4.74 Å². The first kappa shape index (κ1) is 15.2. The molecule has 1 saturated carbocycles. The molecule has 126 valence electrons. The van der Waals surface area contributed by atoms with Gasteiger partial charge in [-0.1, -0.05) is 18.2 Å². The van der Waals surface area contributed by atoms with E-state index in [9.17, 15) is 4.79 Å². The van der Waals surface area contributed by atoms with Crippen LogP contribution in [0.5, 0.6) is 5.75 Å². The van der Waals surface area contributed by atoms with Crippen molar-refractivity contribution < 1.29 is 9.53 Å². The van der Waals surface area contributed by atoms with Gasteiger partial charge in [-0.25, -0.2) is 4.98 Å². The second-order valence-corrected chi connectivity index (χ2v) is 6.91. The van der Waals surface area contributed by atoms with Gasteiger partial charge in [0.05, 0.1) is 24.9 Å². The second kappa shape index (κ2) is 5.96. The number of carbonyl (C=O) groups is 1. The van der Waals surface area contributed by atoms with E-state index in [2.05, 4.69) is 16.0 Å². The Labute approximate surface area is 142 Å².